The van der Waals surface area contributed by atoms with Gasteiger partial charge in [-0.3, -0.25) is 0 Å². The van der Waals surface area contributed by atoms with E-state index in [1.54, 1.807) is 0 Å². The minimum atomic E-state index is -0.216. The fourth-order valence-corrected chi connectivity index (χ4v) is 3.27. The minimum Gasteiger partial charge on any atom is -0.357 e. The number of pyridine rings is 1. The number of halogens is 1. The molecular formula is C19H23BrN4O. The van der Waals surface area contributed by atoms with Crippen LogP contribution in [0.2, 0.25) is 0 Å². The van der Waals surface area contributed by atoms with Crippen molar-refractivity contribution in [3.05, 3.63) is 52.1 Å². The number of nitrogens with one attached hydrogen (secondary N) is 2. The van der Waals surface area contributed by atoms with Gasteiger partial charge in [0, 0.05) is 36.0 Å². The van der Waals surface area contributed by atoms with Crippen molar-refractivity contribution in [3.63, 3.8) is 0 Å². The monoisotopic (exact) mass is 402 g/mol. The Balaban J connectivity index is 1.55. The Morgan fingerprint density at radius 1 is 1.20 bits per heavy atom. The van der Waals surface area contributed by atoms with Crippen LogP contribution in [0.25, 0.3) is 0 Å². The largest absolute Gasteiger partial charge is 0.357 e. The number of piperidine rings is 1. The lowest BCUT2D eigenvalue weighted by molar-refractivity contribution is 0.251. The third-order valence-electron chi connectivity index (χ3n) is 4.37. The number of urea groups is 1. The first-order chi connectivity index (χ1) is 12.1. The van der Waals surface area contributed by atoms with E-state index in [1.807, 2.05) is 37.4 Å². The van der Waals surface area contributed by atoms with Gasteiger partial charge in [-0.05, 0) is 61.6 Å². The van der Waals surface area contributed by atoms with Gasteiger partial charge < -0.3 is 15.5 Å². The highest BCUT2D eigenvalue weighted by molar-refractivity contribution is 9.10. The lowest BCUT2D eigenvalue weighted by Crippen LogP contribution is -2.31. The summed E-state index contributed by atoms with van der Waals surface area (Å²) in [5, 5.41) is 5.75. The molecule has 3 rings (SSSR count). The smallest absolute Gasteiger partial charge is 0.319 e. The molecule has 0 aliphatic carbocycles. The molecule has 1 aromatic heterocycles. The fourth-order valence-electron chi connectivity index (χ4n) is 2.89. The molecule has 2 N–H and O–H groups in total. The summed E-state index contributed by atoms with van der Waals surface area (Å²) < 4.78 is 0.977. The molecule has 2 amide bonds. The normalized spacial score (nSPS) is 14.2. The second kappa shape index (κ2) is 8.34. The van der Waals surface area contributed by atoms with E-state index in [-0.39, 0.29) is 6.03 Å². The van der Waals surface area contributed by atoms with Gasteiger partial charge in [0.1, 0.15) is 5.82 Å². The van der Waals surface area contributed by atoms with Crippen LogP contribution in [0.3, 0.4) is 0 Å². The van der Waals surface area contributed by atoms with Crippen LogP contribution in [0.15, 0.2) is 41.0 Å². The highest BCUT2D eigenvalue weighted by Crippen LogP contribution is 2.21. The van der Waals surface area contributed by atoms with E-state index >= 15 is 0 Å². The molecule has 0 saturated carbocycles. The second-order valence-corrected chi connectivity index (χ2v) is 7.20. The first-order valence-corrected chi connectivity index (χ1v) is 9.42. The van der Waals surface area contributed by atoms with Crippen molar-refractivity contribution in [2.24, 2.45) is 0 Å². The third kappa shape index (κ3) is 4.95. The zero-order chi connectivity index (χ0) is 17.6. The van der Waals surface area contributed by atoms with E-state index in [0.717, 1.165) is 40.2 Å². The quantitative estimate of drug-likeness (QED) is 0.792. The van der Waals surface area contributed by atoms with Crippen molar-refractivity contribution in [1.29, 1.82) is 0 Å². The summed E-state index contributed by atoms with van der Waals surface area (Å²) in [6, 6.07) is 9.54. The molecule has 6 heteroatoms. The standard InChI is InChI=1S/C19H23BrN4O/c1-14-5-6-16(12-17(14)20)23-19(25)22-13-15-7-8-21-18(11-15)24-9-3-2-4-10-24/h5-8,11-12H,2-4,9-10,13H2,1H3,(H2,22,23,25). The molecule has 1 fully saturated rings. The molecule has 0 unspecified atom stereocenters. The van der Waals surface area contributed by atoms with Crippen LogP contribution < -0.4 is 15.5 Å². The Hall–Kier alpha value is -2.08. The van der Waals surface area contributed by atoms with Crippen molar-refractivity contribution >= 4 is 33.5 Å². The number of hydrogen-bond donors (Lipinski definition) is 2. The predicted molar refractivity (Wildman–Crippen MR) is 105 cm³/mol. The van der Waals surface area contributed by atoms with Crippen LogP contribution in [0.1, 0.15) is 30.4 Å². The summed E-state index contributed by atoms with van der Waals surface area (Å²) in [6.45, 7) is 4.61. The van der Waals surface area contributed by atoms with Gasteiger partial charge in [-0.15, -0.1) is 0 Å². The van der Waals surface area contributed by atoms with E-state index in [1.165, 1.54) is 19.3 Å². The van der Waals surface area contributed by atoms with Gasteiger partial charge in [0.05, 0.1) is 0 Å². The second-order valence-electron chi connectivity index (χ2n) is 6.34. The van der Waals surface area contributed by atoms with Crippen LogP contribution in [-0.2, 0) is 6.54 Å². The SMILES string of the molecule is Cc1ccc(NC(=O)NCc2ccnc(N3CCCCC3)c2)cc1Br. The number of aromatic nitrogens is 1. The first-order valence-electron chi connectivity index (χ1n) is 8.63. The van der Waals surface area contributed by atoms with Gasteiger partial charge in [0.25, 0.3) is 0 Å². The number of carbonyl (C=O) groups is 1. The fraction of sp³-hybridized carbons (Fsp3) is 0.368. The molecule has 25 heavy (non-hydrogen) atoms. The van der Waals surface area contributed by atoms with Crippen molar-refractivity contribution in [1.82, 2.24) is 10.3 Å². The summed E-state index contributed by atoms with van der Waals surface area (Å²) in [5.41, 5.74) is 2.95. The number of aryl methyl sites for hydroxylation is 1. The molecular weight excluding hydrogens is 380 g/mol. The molecule has 1 saturated heterocycles. The molecule has 0 radical (unpaired) electrons. The van der Waals surface area contributed by atoms with Crippen LogP contribution in [0.5, 0.6) is 0 Å². The van der Waals surface area contributed by atoms with Gasteiger partial charge in [-0.2, -0.15) is 0 Å². The maximum absolute atomic E-state index is 12.1. The zero-order valence-corrected chi connectivity index (χ0v) is 16.0. The van der Waals surface area contributed by atoms with Gasteiger partial charge in [0.15, 0.2) is 0 Å². The molecule has 0 bridgehead atoms. The molecule has 1 aliphatic rings. The maximum atomic E-state index is 12.1. The highest BCUT2D eigenvalue weighted by atomic mass is 79.9. The van der Waals surface area contributed by atoms with Gasteiger partial charge >= 0.3 is 6.03 Å². The van der Waals surface area contributed by atoms with Crippen molar-refractivity contribution in [2.75, 3.05) is 23.3 Å². The molecule has 132 valence electrons. The number of benzene rings is 1. The summed E-state index contributed by atoms with van der Waals surface area (Å²) in [4.78, 5) is 18.9. The molecule has 0 spiro atoms. The van der Waals surface area contributed by atoms with Crippen molar-refractivity contribution in [2.45, 2.75) is 32.7 Å². The summed E-state index contributed by atoms with van der Waals surface area (Å²) in [5.74, 6) is 1.00. The van der Waals surface area contributed by atoms with E-state index in [9.17, 15) is 4.79 Å². The minimum absolute atomic E-state index is 0.216. The van der Waals surface area contributed by atoms with E-state index < -0.39 is 0 Å². The average Bonchev–Trinajstić information content (AvgIpc) is 2.64. The Morgan fingerprint density at radius 3 is 2.76 bits per heavy atom. The lowest BCUT2D eigenvalue weighted by atomic mass is 10.1. The Labute approximate surface area is 157 Å². The Morgan fingerprint density at radius 2 is 2.00 bits per heavy atom. The molecule has 1 aliphatic heterocycles. The number of amides is 2. The average molecular weight is 403 g/mol. The maximum Gasteiger partial charge on any atom is 0.319 e. The van der Waals surface area contributed by atoms with E-state index in [4.69, 9.17) is 0 Å². The predicted octanol–water partition coefficient (Wildman–Crippen LogP) is 4.46. The van der Waals surface area contributed by atoms with Crippen molar-refractivity contribution < 1.29 is 4.79 Å². The molecule has 0 atom stereocenters. The number of nitrogens with zero attached hydrogens (tertiary/aromatic N) is 2. The number of hydrogen-bond acceptors (Lipinski definition) is 3. The molecule has 5 nitrogen and oxygen atoms in total. The van der Waals surface area contributed by atoms with Crippen molar-refractivity contribution in [3.8, 4) is 0 Å². The van der Waals surface area contributed by atoms with Gasteiger partial charge in [0.2, 0.25) is 0 Å². The van der Waals surface area contributed by atoms with E-state index in [2.05, 4.69) is 42.5 Å². The molecule has 2 aromatic rings. The molecule has 2 heterocycles. The van der Waals surface area contributed by atoms with Crippen LogP contribution in [-0.4, -0.2) is 24.1 Å². The Kier molecular flexibility index (Phi) is 5.91. The van der Waals surface area contributed by atoms with E-state index in [0.29, 0.717) is 6.54 Å². The summed E-state index contributed by atoms with van der Waals surface area (Å²) >= 11 is 3.47. The third-order valence-corrected chi connectivity index (χ3v) is 5.23. The number of rotatable bonds is 4. The first kappa shape index (κ1) is 17.7. The van der Waals surface area contributed by atoms with Crippen LogP contribution in [0, 0.1) is 6.92 Å². The van der Waals surface area contributed by atoms with Gasteiger partial charge in [-0.25, -0.2) is 9.78 Å². The zero-order valence-electron chi connectivity index (χ0n) is 14.4. The summed E-state index contributed by atoms with van der Waals surface area (Å²) in [6.07, 6.45) is 5.56. The topological polar surface area (TPSA) is 57.3 Å². The number of carbonyl (C=O) groups excluding carboxylic acids is 1. The summed E-state index contributed by atoms with van der Waals surface area (Å²) in [7, 11) is 0. The highest BCUT2D eigenvalue weighted by Gasteiger charge is 2.12. The lowest BCUT2D eigenvalue weighted by Gasteiger charge is -2.27. The Bertz CT molecular complexity index is 744. The van der Waals surface area contributed by atoms with Crippen LogP contribution >= 0.6 is 15.9 Å². The van der Waals surface area contributed by atoms with Gasteiger partial charge in [-0.1, -0.05) is 22.0 Å². The van der Waals surface area contributed by atoms with Crippen LogP contribution in [0.4, 0.5) is 16.3 Å². The molecule has 1 aromatic carbocycles. The number of anilines is 2.